The molecule has 5 heteroatoms. The van der Waals surface area contributed by atoms with Crippen molar-refractivity contribution in [3.8, 4) is 0 Å². The molecule has 2 aromatic rings. The molecule has 0 N–H and O–H groups in total. The predicted molar refractivity (Wildman–Crippen MR) is 95.4 cm³/mol. The van der Waals surface area contributed by atoms with Crippen LogP contribution in [0.3, 0.4) is 0 Å². The normalized spacial score (nSPS) is 24.1. The number of halogens is 3. The molecule has 2 heterocycles. The van der Waals surface area contributed by atoms with E-state index in [2.05, 4.69) is 34.1 Å². The molecule has 0 aromatic heterocycles. The smallest absolute Gasteiger partial charge is 0.298 e. The monoisotopic (exact) mass is 360 g/mol. The molecule has 0 amide bonds. The molecule has 0 aliphatic carbocycles. The number of likely N-dealkylation sites (tertiary alicyclic amines) is 2. The second kappa shape index (κ2) is 7.05. The maximum Gasteiger partial charge on any atom is 0.416 e. The SMILES string of the molecule is FC(F)(F)c1ccc(CN2C[C@H]3CN(Cc4ccccc4)C[C@@H]3C2)cc1. The van der Waals surface area contributed by atoms with Gasteiger partial charge in [-0.25, -0.2) is 0 Å². The van der Waals surface area contributed by atoms with E-state index in [0.717, 1.165) is 44.8 Å². The molecule has 2 nitrogen and oxygen atoms in total. The van der Waals surface area contributed by atoms with Gasteiger partial charge in [-0.05, 0) is 35.1 Å². The third kappa shape index (κ3) is 3.94. The van der Waals surface area contributed by atoms with Crippen LogP contribution in [0.1, 0.15) is 16.7 Å². The van der Waals surface area contributed by atoms with E-state index in [1.54, 1.807) is 12.1 Å². The Morgan fingerprint density at radius 3 is 1.62 bits per heavy atom. The Hall–Kier alpha value is -1.85. The molecular weight excluding hydrogens is 337 g/mol. The number of nitrogens with zero attached hydrogens (tertiary/aromatic N) is 2. The Balaban J connectivity index is 1.29. The van der Waals surface area contributed by atoms with Gasteiger partial charge in [0.05, 0.1) is 5.56 Å². The highest BCUT2D eigenvalue weighted by Crippen LogP contribution is 2.33. The number of alkyl halides is 3. The molecule has 2 saturated heterocycles. The topological polar surface area (TPSA) is 6.48 Å². The lowest BCUT2D eigenvalue weighted by Crippen LogP contribution is -2.28. The standard InChI is InChI=1S/C21H23F3N2/c22-21(23,24)20-8-6-17(7-9-20)11-26-14-18-12-25(13-19(18)15-26)10-16-4-2-1-3-5-16/h1-9,18-19H,10-15H2/t18-,19-/m1/s1. The summed E-state index contributed by atoms with van der Waals surface area (Å²) < 4.78 is 38.0. The van der Waals surface area contributed by atoms with Crippen molar-refractivity contribution in [3.63, 3.8) is 0 Å². The van der Waals surface area contributed by atoms with Crippen LogP contribution in [0.4, 0.5) is 13.2 Å². The highest BCUT2D eigenvalue weighted by Gasteiger charge is 2.39. The first kappa shape index (κ1) is 17.6. The van der Waals surface area contributed by atoms with E-state index >= 15 is 0 Å². The molecule has 2 aliphatic heterocycles. The summed E-state index contributed by atoms with van der Waals surface area (Å²) in [6.07, 6.45) is -4.26. The molecular formula is C21H23F3N2. The van der Waals surface area contributed by atoms with Crippen molar-refractivity contribution in [1.29, 1.82) is 0 Å². The minimum atomic E-state index is -4.26. The van der Waals surface area contributed by atoms with Crippen molar-refractivity contribution in [3.05, 3.63) is 71.3 Å². The van der Waals surface area contributed by atoms with Gasteiger partial charge >= 0.3 is 6.18 Å². The van der Waals surface area contributed by atoms with Crippen LogP contribution in [0, 0.1) is 11.8 Å². The minimum absolute atomic E-state index is 0.573. The van der Waals surface area contributed by atoms with Crippen LogP contribution in [0.2, 0.25) is 0 Å². The average Bonchev–Trinajstić information content (AvgIpc) is 3.13. The first-order valence-electron chi connectivity index (χ1n) is 9.12. The summed E-state index contributed by atoms with van der Waals surface area (Å²) >= 11 is 0. The van der Waals surface area contributed by atoms with Crippen LogP contribution < -0.4 is 0 Å². The third-order valence-corrected chi connectivity index (χ3v) is 5.57. The van der Waals surface area contributed by atoms with Gasteiger partial charge in [0, 0.05) is 39.3 Å². The Morgan fingerprint density at radius 2 is 1.15 bits per heavy atom. The minimum Gasteiger partial charge on any atom is -0.298 e. The molecule has 0 bridgehead atoms. The Kier molecular flexibility index (Phi) is 4.76. The molecule has 26 heavy (non-hydrogen) atoms. The van der Waals surface area contributed by atoms with E-state index in [0.29, 0.717) is 11.8 Å². The van der Waals surface area contributed by atoms with Gasteiger partial charge in [0.2, 0.25) is 0 Å². The maximum atomic E-state index is 12.7. The number of hydrogen-bond acceptors (Lipinski definition) is 2. The number of rotatable bonds is 4. The van der Waals surface area contributed by atoms with Crippen LogP contribution in [0.15, 0.2) is 54.6 Å². The van der Waals surface area contributed by atoms with E-state index in [1.807, 2.05) is 6.07 Å². The molecule has 0 saturated carbocycles. The molecule has 4 rings (SSSR count). The van der Waals surface area contributed by atoms with Gasteiger partial charge in [-0.1, -0.05) is 42.5 Å². The van der Waals surface area contributed by atoms with E-state index in [9.17, 15) is 13.2 Å². The van der Waals surface area contributed by atoms with Gasteiger partial charge in [-0.15, -0.1) is 0 Å². The van der Waals surface area contributed by atoms with Crippen molar-refractivity contribution in [2.45, 2.75) is 19.3 Å². The largest absolute Gasteiger partial charge is 0.416 e. The fourth-order valence-electron chi connectivity index (χ4n) is 4.34. The molecule has 0 unspecified atom stereocenters. The van der Waals surface area contributed by atoms with Gasteiger partial charge in [-0.3, -0.25) is 9.80 Å². The van der Waals surface area contributed by atoms with E-state index in [4.69, 9.17) is 0 Å². The third-order valence-electron chi connectivity index (χ3n) is 5.57. The Labute approximate surface area is 152 Å². The quantitative estimate of drug-likeness (QED) is 0.803. The van der Waals surface area contributed by atoms with Gasteiger partial charge in [0.15, 0.2) is 0 Å². The van der Waals surface area contributed by atoms with Crippen LogP contribution in [0.5, 0.6) is 0 Å². The summed E-state index contributed by atoms with van der Waals surface area (Å²) in [5, 5.41) is 0. The summed E-state index contributed by atoms with van der Waals surface area (Å²) in [5.41, 5.74) is 1.74. The number of benzene rings is 2. The van der Waals surface area contributed by atoms with Crippen LogP contribution in [-0.2, 0) is 19.3 Å². The van der Waals surface area contributed by atoms with E-state index < -0.39 is 11.7 Å². The maximum absolute atomic E-state index is 12.7. The van der Waals surface area contributed by atoms with Crippen molar-refractivity contribution < 1.29 is 13.2 Å². The summed E-state index contributed by atoms with van der Waals surface area (Å²) in [5.74, 6) is 1.35. The fraction of sp³-hybridized carbons (Fsp3) is 0.429. The lowest BCUT2D eigenvalue weighted by atomic mass is 10.0. The summed E-state index contributed by atoms with van der Waals surface area (Å²) in [4.78, 5) is 4.91. The summed E-state index contributed by atoms with van der Waals surface area (Å²) in [6, 6.07) is 16.1. The number of fused-ring (bicyclic) bond motifs is 1. The van der Waals surface area contributed by atoms with E-state index in [-0.39, 0.29) is 0 Å². The second-order valence-electron chi connectivity index (χ2n) is 7.59. The van der Waals surface area contributed by atoms with Gasteiger partial charge in [-0.2, -0.15) is 13.2 Å². The lowest BCUT2D eigenvalue weighted by Gasteiger charge is -2.21. The zero-order valence-electron chi connectivity index (χ0n) is 14.6. The Morgan fingerprint density at radius 1 is 0.692 bits per heavy atom. The molecule has 0 radical (unpaired) electrons. The second-order valence-corrected chi connectivity index (χ2v) is 7.59. The van der Waals surface area contributed by atoms with Crippen LogP contribution >= 0.6 is 0 Å². The first-order valence-corrected chi connectivity index (χ1v) is 9.12. The molecule has 2 aromatic carbocycles. The van der Waals surface area contributed by atoms with Crippen LogP contribution in [0.25, 0.3) is 0 Å². The summed E-state index contributed by atoms with van der Waals surface area (Å²) in [7, 11) is 0. The highest BCUT2D eigenvalue weighted by molar-refractivity contribution is 5.24. The lowest BCUT2D eigenvalue weighted by molar-refractivity contribution is -0.137. The Bertz CT molecular complexity index is 713. The van der Waals surface area contributed by atoms with Crippen molar-refractivity contribution in [1.82, 2.24) is 9.80 Å². The summed E-state index contributed by atoms with van der Waals surface area (Å²) in [6.45, 7) is 6.05. The predicted octanol–water partition coefficient (Wildman–Crippen LogP) is 4.27. The van der Waals surface area contributed by atoms with Gasteiger partial charge in [0.1, 0.15) is 0 Å². The molecule has 2 atom stereocenters. The zero-order valence-corrected chi connectivity index (χ0v) is 14.6. The molecule has 138 valence electrons. The van der Waals surface area contributed by atoms with Gasteiger partial charge in [0.25, 0.3) is 0 Å². The number of hydrogen-bond donors (Lipinski definition) is 0. The van der Waals surface area contributed by atoms with Gasteiger partial charge < -0.3 is 0 Å². The van der Waals surface area contributed by atoms with Crippen molar-refractivity contribution in [2.24, 2.45) is 11.8 Å². The molecule has 2 fully saturated rings. The van der Waals surface area contributed by atoms with Crippen molar-refractivity contribution >= 4 is 0 Å². The first-order chi connectivity index (χ1) is 12.5. The molecule has 2 aliphatic rings. The van der Waals surface area contributed by atoms with Crippen LogP contribution in [-0.4, -0.2) is 36.0 Å². The average molecular weight is 360 g/mol. The van der Waals surface area contributed by atoms with Crippen molar-refractivity contribution in [2.75, 3.05) is 26.2 Å². The highest BCUT2D eigenvalue weighted by atomic mass is 19.4. The zero-order chi connectivity index (χ0) is 18.1. The molecule has 0 spiro atoms. The van der Waals surface area contributed by atoms with E-state index in [1.165, 1.54) is 17.7 Å². The fourth-order valence-corrected chi connectivity index (χ4v) is 4.34.